The minimum absolute atomic E-state index is 0.402. The number of hydrogen-bond acceptors (Lipinski definition) is 2. The van der Waals surface area contributed by atoms with E-state index in [9.17, 15) is 0 Å². The molecule has 0 radical (unpaired) electrons. The molecule has 0 amide bonds. The molecule has 3 nitrogen and oxygen atoms in total. The maximum atomic E-state index is 4.61. The van der Waals surface area contributed by atoms with Crippen LogP contribution in [0.4, 0.5) is 0 Å². The van der Waals surface area contributed by atoms with Gasteiger partial charge in [0, 0.05) is 23.8 Å². The molecule has 2 rings (SSSR count). The number of aromatic nitrogens is 2. The third-order valence-corrected chi connectivity index (χ3v) is 4.08. The smallest absolute Gasteiger partial charge is 0.0674 e. The Labute approximate surface area is 128 Å². The molecule has 0 spiro atoms. The summed E-state index contributed by atoms with van der Waals surface area (Å²) in [5.41, 5.74) is 6.23. The monoisotopic (exact) mass is 285 g/mol. The molecule has 114 valence electrons. The van der Waals surface area contributed by atoms with Gasteiger partial charge in [0.15, 0.2) is 0 Å². The fourth-order valence-corrected chi connectivity index (χ4v) is 2.84. The maximum absolute atomic E-state index is 4.61. The summed E-state index contributed by atoms with van der Waals surface area (Å²) in [4.78, 5) is 0. The maximum Gasteiger partial charge on any atom is 0.0674 e. The molecule has 1 unspecified atom stereocenters. The average molecular weight is 285 g/mol. The van der Waals surface area contributed by atoms with Crippen molar-refractivity contribution in [2.75, 3.05) is 6.54 Å². The molecule has 1 aromatic carbocycles. The van der Waals surface area contributed by atoms with Crippen LogP contribution in [0.25, 0.3) is 11.1 Å². The van der Waals surface area contributed by atoms with Crippen LogP contribution in [0.2, 0.25) is 0 Å². The van der Waals surface area contributed by atoms with Crippen molar-refractivity contribution in [2.45, 2.75) is 53.6 Å². The molecule has 0 bridgehead atoms. The van der Waals surface area contributed by atoms with Gasteiger partial charge in [-0.2, -0.15) is 5.10 Å². The van der Waals surface area contributed by atoms with E-state index in [0.29, 0.717) is 6.04 Å². The SMILES string of the molecule is CCCNC(C)c1ccc(-c2c(C)nn(CC)c2C)cc1. The van der Waals surface area contributed by atoms with Gasteiger partial charge in [-0.25, -0.2) is 0 Å². The minimum Gasteiger partial charge on any atom is -0.310 e. The van der Waals surface area contributed by atoms with Crippen LogP contribution in [0, 0.1) is 13.8 Å². The van der Waals surface area contributed by atoms with Crippen molar-refractivity contribution in [3.63, 3.8) is 0 Å². The van der Waals surface area contributed by atoms with Gasteiger partial charge in [-0.15, -0.1) is 0 Å². The lowest BCUT2D eigenvalue weighted by Gasteiger charge is -2.14. The Kier molecular flexibility index (Phi) is 5.18. The number of benzene rings is 1. The van der Waals surface area contributed by atoms with Crippen molar-refractivity contribution in [1.29, 1.82) is 0 Å². The zero-order valence-electron chi connectivity index (χ0n) is 13.9. The summed E-state index contributed by atoms with van der Waals surface area (Å²) in [6.07, 6.45) is 1.16. The summed E-state index contributed by atoms with van der Waals surface area (Å²) in [7, 11) is 0. The zero-order valence-corrected chi connectivity index (χ0v) is 13.9. The number of aryl methyl sites for hydroxylation is 2. The molecular formula is C18H27N3. The molecule has 21 heavy (non-hydrogen) atoms. The van der Waals surface area contributed by atoms with Gasteiger partial charge in [0.25, 0.3) is 0 Å². The number of hydrogen-bond donors (Lipinski definition) is 1. The van der Waals surface area contributed by atoms with Crippen LogP contribution >= 0.6 is 0 Å². The first-order valence-electron chi connectivity index (χ1n) is 7.96. The van der Waals surface area contributed by atoms with E-state index in [4.69, 9.17) is 0 Å². The molecule has 1 N–H and O–H groups in total. The Morgan fingerprint density at radius 3 is 2.33 bits per heavy atom. The molecule has 1 aromatic heterocycles. The predicted molar refractivity (Wildman–Crippen MR) is 89.5 cm³/mol. The van der Waals surface area contributed by atoms with Crippen molar-refractivity contribution in [1.82, 2.24) is 15.1 Å². The first kappa shape index (κ1) is 15.8. The van der Waals surface area contributed by atoms with Crippen molar-refractivity contribution in [3.05, 3.63) is 41.2 Å². The number of nitrogens with one attached hydrogen (secondary N) is 1. The second-order valence-electron chi connectivity index (χ2n) is 5.66. The molecule has 0 saturated heterocycles. The predicted octanol–water partition coefficient (Wildman–Crippen LogP) is 4.25. The van der Waals surface area contributed by atoms with Crippen LogP contribution in [0.5, 0.6) is 0 Å². The van der Waals surface area contributed by atoms with Crippen molar-refractivity contribution in [3.8, 4) is 11.1 Å². The van der Waals surface area contributed by atoms with Gasteiger partial charge in [0.2, 0.25) is 0 Å². The molecule has 0 aliphatic rings. The Morgan fingerprint density at radius 2 is 1.81 bits per heavy atom. The van der Waals surface area contributed by atoms with E-state index < -0.39 is 0 Å². The molecule has 3 heteroatoms. The molecule has 0 saturated carbocycles. The standard InChI is InChI=1S/C18H27N3/c1-6-12-19-13(3)16-8-10-17(11-9-16)18-14(4)20-21(7-2)15(18)5/h8-11,13,19H,6-7,12H2,1-5H3. The van der Waals surface area contributed by atoms with E-state index in [1.54, 1.807) is 0 Å². The van der Waals surface area contributed by atoms with E-state index in [1.165, 1.54) is 22.4 Å². The lowest BCUT2D eigenvalue weighted by molar-refractivity contribution is 0.571. The van der Waals surface area contributed by atoms with Crippen LogP contribution < -0.4 is 5.32 Å². The summed E-state index contributed by atoms with van der Waals surface area (Å²) < 4.78 is 2.07. The molecule has 0 fully saturated rings. The third-order valence-electron chi connectivity index (χ3n) is 4.08. The average Bonchev–Trinajstić information content (AvgIpc) is 2.79. The number of nitrogens with zero attached hydrogens (tertiary/aromatic N) is 2. The van der Waals surface area contributed by atoms with E-state index >= 15 is 0 Å². The summed E-state index contributed by atoms with van der Waals surface area (Å²) >= 11 is 0. The zero-order chi connectivity index (χ0) is 15.4. The molecule has 2 aromatic rings. The highest BCUT2D eigenvalue weighted by Gasteiger charge is 2.13. The van der Waals surface area contributed by atoms with E-state index in [1.807, 2.05) is 0 Å². The van der Waals surface area contributed by atoms with Crippen LogP contribution in [0.1, 0.15) is 50.2 Å². The fourth-order valence-electron chi connectivity index (χ4n) is 2.84. The molecule has 1 heterocycles. The molecule has 0 aliphatic heterocycles. The topological polar surface area (TPSA) is 29.9 Å². The third kappa shape index (κ3) is 3.35. The molecule has 1 atom stereocenters. The van der Waals surface area contributed by atoms with Crippen LogP contribution in [-0.4, -0.2) is 16.3 Å². The number of rotatable bonds is 6. The Hall–Kier alpha value is -1.61. The second-order valence-corrected chi connectivity index (χ2v) is 5.66. The largest absolute Gasteiger partial charge is 0.310 e. The lowest BCUT2D eigenvalue weighted by atomic mass is 10.00. The molecular weight excluding hydrogens is 258 g/mol. The Bertz CT molecular complexity index is 581. The highest BCUT2D eigenvalue weighted by molar-refractivity contribution is 5.68. The van der Waals surface area contributed by atoms with Gasteiger partial charge in [-0.1, -0.05) is 31.2 Å². The van der Waals surface area contributed by atoms with Crippen molar-refractivity contribution >= 4 is 0 Å². The van der Waals surface area contributed by atoms with Crippen LogP contribution in [-0.2, 0) is 6.54 Å². The van der Waals surface area contributed by atoms with Gasteiger partial charge >= 0.3 is 0 Å². The highest BCUT2D eigenvalue weighted by atomic mass is 15.3. The first-order chi connectivity index (χ1) is 10.1. The van der Waals surface area contributed by atoms with Gasteiger partial charge < -0.3 is 5.32 Å². The second kappa shape index (κ2) is 6.90. The normalized spacial score (nSPS) is 12.6. The van der Waals surface area contributed by atoms with Crippen LogP contribution in [0.15, 0.2) is 24.3 Å². The lowest BCUT2D eigenvalue weighted by Crippen LogP contribution is -2.19. The molecule has 0 aliphatic carbocycles. The first-order valence-corrected chi connectivity index (χ1v) is 7.96. The van der Waals surface area contributed by atoms with Gasteiger partial charge in [-0.3, -0.25) is 4.68 Å². The van der Waals surface area contributed by atoms with E-state index in [-0.39, 0.29) is 0 Å². The quantitative estimate of drug-likeness (QED) is 0.860. The summed E-state index contributed by atoms with van der Waals surface area (Å²) in [5, 5.41) is 8.13. The Morgan fingerprint density at radius 1 is 1.14 bits per heavy atom. The van der Waals surface area contributed by atoms with E-state index in [0.717, 1.165) is 25.2 Å². The summed E-state index contributed by atoms with van der Waals surface area (Å²) in [5.74, 6) is 0. The van der Waals surface area contributed by atoms with Gasteiger partial charge in [-0.05, 0) is 51.8 Å². The van der Waals surface area contributed by atoms with Crippen molar-refractivity contribution < 1.29 is 0 Å². The van der Waals surface area contributed by atoms with E-state index in [2.05, 4.69) is 74.0 Å². The van der Waals surface area contributed by atoms with Crippen LogP contribution in [0.3, 0.4) is 0 Å². The van der Waals surface area contributed by atoms with Crippen molar-refractivity contribution in [2.24, 2.45) is 0 Å². The Balaban J connectivity index is 2.25. The summed E-state index contributed by atoms with van der Waals surface area (Å²) in [6, 6.07) is 9.29. The fraction of sp³-hybridized carbons (Fsp3) is 0.500. The van der Waals surface area contributed by atoms with Gasteiger partial charge in [0.05, 0.1) is 5.69 Å². The summed E-state index contributed by atoms with van der Waals surface area (Å²) in [6.45, 7) is 12.8. The highest BCUT2D eigenvalue weighted by Crippen LogP contribution is 2.28. The minimum atomic E-state index is 0.402. The van der Waals surface area contributed by atoms with Gasteiger partial charge in [0.1, 0.15) is 0 Å².